The van der Waals surface area contributed by atoms with Crippen molar-refractivity contribution in [1.82, 2.24) is 19.9 Å². The normalized spacial score (nSPS) is 18.7. The van der Waals surface area contributed by atoms with E-state index in [1.54, 1.807) is 0 Å². The Bertz CT molecular complexity index is 853. The van der Waals surface area contributed by atoms with E-state index >= 15 is 0 Å². The fourth-order valence-electron chi connectivity index (χ4n) is 3.50. The lowest BCUT2D eigenvalue weighted by Crippen LogP contribution is -2.27. The molecular formula is C18H20N4O. The molecule has 2 aromatic heterocycles. The first-order valence-electron chi connectivity index (χ1n) is 8.16. The van der Waals surface area contributed by atoms with Crippen LogP contribution in [0.3, 0.4) is 0 Å². The number of hydrogen-bond acceptors (Lipinski definition) is 3. The van der Waals surface area contributed by atoms with Crippen LogP contribution in [0.5, 0.6) is 0 Å². The highest BCUT2D eigenvalue weighted by atomic mass is 16.1. The van der Waals surface area contributed by atoms with Gasteiger partial charge in [-0.1, -0.05) is 12.1 Å². The van der Waals surface area contributed by atoms with Gasteiger partial charge in [0.05, 0.1) is 10.9 Å². The van der Waals surface area contributed by atoms with E-state index in [2.05, 4.69) is 25.9 Å². The average Bonchev–Trinajstić information content (AvgIpc) is 3.24. The van der Waals surface area contributed by atoms with Gasteiger partial charge in [-0.3, -0.25) is 9.69 Å². The zero-order chi connectivity index (χ0) is 15.6. The van der Waals surface area contributed by atoms with Crippen LogP contribution in [0.2, 0.25) is 0 Å². The zero-order valence-corrected chi connectivity index (χ0v) is 13.0. The molecule has 5 heteroatoms. The Morgan fingerprint density at radius 2 is 2.13 bits per heavy atom. The molecule has 0 unspecified atom stereocenters. The molecule has 1 atom stereocenters. The van der Waals surface area contributed by atoms with Crippen LogP contribution < -0.4 is 5.56 Å². The molecule has 0 bridgehead atoms. The molecule has 1 aliphatic rings. The summed E-state index contributed by atoms with van der Waals surface area (Å²) in [6, 6.07) is 12.1. The third kappa shape index (κ3) is 2.80. The maximum absolute atomic E-state index is 12.1. The predicted octanol–water partition coefficient (Wildman–Crippen LogP) is 2.63. The molecule has 0 radical (unpaired) electrons. The largest absolute Gasteiger partial charge is 0.364 e. The summed E-state index contributed by atoms with van der Waals surface area (Å²) in [5.74, 6) is 0.769. The van der Waals surface area contributed by atoms with E-state index in [4.69, 9.17) is 0 Å². The summed E-state index contributed by atoms with van der Waals surface area (Å²) < 4.78 is 0. The topological polar surface area (TPSA) is 64.8 Å². The van der Waals surface area contributed by atoms with Gasteiger partial charge in [-0.05, 0) is 43.7 Å². The number of nitrogens with one attached hydrogen (secondary N) is 2. The lowest BCUT2D eigenvalue weighted by molar-refractivity contribution is 0.255. The molecule has 1 aromatic carbocycles. The number of fused-ring (bicyclic) bond motifs is 1. The third-order valence-corrected chi connectivity index (χ3v) is 4.64. The number of aromatic amines is 2. The maximum atomic E-state index is 12.1. The molecule has 3 heterocycles. The van der Waals surface area contributed by atoms with Crippen molar-refractivity contribution in [3.8, 4) is 0 Å². The molecule has 1 fully saturated rings. The van der Waals surface area contributed by atoms with Crippen LogP contribution in [0.4, 0.5) is 0 Å². The van der Waals surface area contributed by atoms with Gasteiger partial charge in [0.15, 0.2) is 0 Å². The molecule has 3 aromatic rings. The average molecular weight is 308 g/mol. The van der Waals surface area contributed by atoms with Gasteiger partial charge in [-0.15, -0.1) is 0 Å². The summed E-state index contributed by atoms with van der Waals surface area (Å²) in [6.07, 6.45) is 5.14. The summed E-state index contributed by atoms with van der Waals surface area (Å²) in [4.78, 5) is 25.4. The summed E-state index contributed by atoms with van der Waals surface area (Å²) >= 11 is 0. The van der Waals surface area contributed by atoms with Crippen molar-refractivity contribution in [2.24, 2.45) is 0 Å². The number of rotatable bonds is 4. The SMILES string of the molecule is O=c1[nH]c(CCN2CCC[C@H]2c2ccc[nH]2)nc2ccccc12. The Morgan fingerprint density at radius 1 is 1.22 bits per heavy atom. The predicted molar refractivity (Wildman–Crippen MR) is 90.4 cm³/mol. The molecule has 4 rings (SSSR count). The fourth-order valence-corrected chi connectivity index (χ4v) is 3.50. The van der Waals surface area contributed by atoms with Gasteiger partial charge < -0.3 is 9.97 Å². The number of hydrogen-bond donors (Lipinski definition) is 2. The van der Waals surface area contributed by atoms with E-state index in [-0.39, 0.29) is 5.56 Å². The van der Waals surface area contributed by atoms with Gasteiger partial charge in [0.2, 0.25) is 0 Å². The van der Waals surface area contributed by atoms with Crippen molar-refractivity contribution in [3.63, 3.8) is 0 Å². The van der Waals surface area contributed by atoms with E-state index in [9.17, 15) is 4.79 Å². The molecule has 1 aliphatic heterocycles. The molecule has 2 N–H and O–H groups in total. The van der Waals surface area contributed by atoms with Crippen molar-refractivity contribution >= 4 is 10.9 Å². The first-order chi connectivity index (χ1) is 11.3. The zero-order valence-electron chi connectivity index (χ0n) is 13.0. The smallest absolute Gasteiger partial charge is 0.258 e. The minimum atomic E-state index is -0.0482. The van der Waals surface area contributed by atoms with Crippen LogP contribution in [0.25, 0.3) is 10.9 Å². The molecule has 118 valence electrons. The van der Waals surface area contributed by atoms with Crippen LogP contribution in [-0.4, -0.2) is 32.9 Å². The van der Waals surface area contributed by atoms with E-state index in [0.29, 0.717) is 11.4 Å². The van der Waals surface area contributed by atoms with Crippen molar-refractivity contribution in [2.75, 3.05) is 13.1 Å². The first-order valence-corrected chi connectivity index (χ1v) is 8.16. The highest BCUT2D eigenvalue weighted by Crippen LogP contribution is 2.30. The third-order valence-electron chi connectivity index (χ3n) is 4.64. The number of aromatic nitrogens is 3. The Balaban J connectivity index is 1.51. The van der Waals surface area contributed by atoms with E-state index in [1.807, 2.05) is 36.5 Å². The second-order valence-corrected chi connectivity index (χ2v) is 6.10. The minimum Gasteiger partial charge on any atom is -0.364 e. The summed E-state index contributed by atoms with van der Waals surface area (Å²) in [5, 5.41) is 0.654. The minimum absolute atomic E-state index is 0.0482. The van der Waals surface area contributed by atoms with Crippen molar-refractivity contribution in [3.05, 3.63) is 64.5 Å². The molecule has 0 amide bonds. The van der Waals surface area contributed by atoms with Crippen LogP contribution in [-0.2, 0) is 6.42 Å². The molecule has 0 spiro atoms. The van der Waals surface area contributed by atoms with Crippen molar-refractivity contribution in [1.29, 1.82) is 0 Å². The Kier molecular flexibility index (Phi) is 3.71. The van der Waals surface area contributed by atoms with E-state index in [1.165, 1.54) is 18.5 Å². The number of H-pyrrole nitrogens is 2. The number of benzene rings is 1. The van der Waals surface area contributed by atoms with Gasteiger partial charge >= 0.3 is 0 Å². The molecule has 23 heavy (non-hydrogen) atoms. The number of likely N-dealkylation sites (tertiary alicyclic amines) is 1. The number of para-hydroxylation sites is 1. The maximum Gasteiger partial charge on any atom is 0.258 e. The van der Waals surface area contributed by atoms with Crippen molar-refractivity contribution in [2.45, 2.75) is 25.3 Å². The van der Waals surface area contributed by atoms with E-state index < -0.39 is 0 Å². The van der Waals surface area contributed by atoms with Crippen LogP contribution in [0.15, 0.2) is 47.4 Å². The van der Waals surface area contributed by atoms with Gasteiger partial charge in [-0.2, -0.15) is 0 Å². The van der Waals surface area contributed by atoms with Crippen LogP contribution in [0, 0.1) is 0 Å². The summed E-state index contributed by atoms with van der Waals surface area (Å²) in [6.45, 7) is 2.01. The monoisotopic (exact) mass is 308 g/mol. The van der Waals surface area contributed by atoms with Gasteiger partial charge in [0, 0.05) is 30.9 Å². The fraction of sp³-hybridized carbons (Fsp3) is 0.333. The molecule has 0 aliphatic carbocycles. The van der Waals surface area contributed by atoms with E-state index in [0.717, 1.165) is 30.9 Å². The number of nitrogens with zero attached hydrogens (tertiary/aromatic N) is 2. The quantitative estimate of drug-likeness (QED) is 0.779. The second-order valence-electron chi connectivity index (χ2n) is 6.10. The van der Waals surface area contributed by atoms with Gasteiger partial charge in [0.1, 0.15) is 5.82 Å². The lowest BCUT2D eigenvalue weighted by atomic mass is 10.1. The van der Waals surface area contributed by atoms with Gasteiger partial charge in [-0.25, -0.2) is 4.98 Å². The molecular weight excluding hydrogens is 288 g/mol. The molecule has 5 nitrogen and oxygen atoms in total. The first kappa shape index (κ1) is 14.2. The Morgan fingerprint density at radius 3 is 3.00 bits per heavy atom. The van der Waals surface area contributed by atoms with Crippen LogP contribution >= 0.6 is 0 Å². The van der Waals surface area contributed by atoms with Crippen LogP contribution in [0.1, 0.15) is 30.4 Å². The highest BCUT2D eigenvalue weighted by molar-refractivity contribution is 5.77. The second kappa shape index (κ2) is 6.01. The summed E-state index contributed by atoms with van der Waals surface area (Å²) in [5.41, 5.74) is 2.00. The Labute approximate surface area is 134 Å². The lowest BCUT2D eigenvalue weighted by Gasteiger charge is -2.23. The molecule has 0 saturated carbocycles. The molecule has 1 saturated heterocycles. The Hall–Kier alpha value is -2.40. The highest BCUT2D eigenvalue weighted by Gasteiger charge is 2.26. The standard InChI is InChI=1S/C18H20N4O/c23-18-13-5-1-2-6-14(13)20-17(21-18)9-12-22-11-4-8-16(22)15-7-3-10-19-15/h1-3,5-7,10,16,19H,4,8-9,11-12H2,(H,20,21,23)/t16-/m0/s1. The van der Waals surface area contributed by atoms with Crippen molar-refractivity contribution < 1.29 is 0 Å². The summed E-state index contributed by atoms with van der Waals surface area (Å²) in [7, 11) is 0. The van der Waals surface area contributed by atoms with Gasteiger partial charge in [0.25, 0.3) is 5.56 Å².